The topological polar surface area (TPSA) is 55.8 Å². The smallest absolute Gasteiger partial charge is 0.158 e. The summed E-state index contributed by atoms with van der Waals surface area (Å²) in [6.07, 6.45) is 4.34. The maximum absolute atomic E-state index is 10.9. The van der Waals surface area contributed by atoms with Crippen LogP contribution in [0.4, 0.5) is 0 Å². The van der Waals surface area contributed by atoms with E-state index in [2.05, 4.69) is 0 Å². The van der Waals surface area contributed by atoms with Crippen LogP contribution in [0.3, 0.4) is 0 Å². The van der Waals surface area contributed by atoms with Crippen molar-refractivity contribution in [2.45, 2.75) is 32.1 Å². The van der Waals surface area contributed by atoms with Gasteiger partial charge in [-0.15, -0.1) is 0 Å². The van der Waals surface area contributed by atoms with Crippen LogP contribution in [0.5, 0.6) is 11.5 Å². The summed E-state index contributed by atoms with van der Waals surface area (Å²) in [5, 5.41) is 8.56. The molecular weight excluding hydrogens is 244 g/mol. The lowest BCUT2D eigenvalue weighted by atomic mass is 10.1. The van der Waals surface area contributed by atoms with Crippen molar-refractivity contribution in [3.8, 4) is 11.5 Å². The molecule has 0 aromatic heterocycles. The Morgan fingerprint density at radius 3 is 2.32 bits per heavy atom. The molecule has 1 aromatic rings. The predicted octanol–water partition coefficient (Wildman–Crippen LogP) is 2.59. The van der Waals surface area contributed by atoms with Crippen molar-refractivity contribution in [2.75, 3.05) is 20.3 Å². The van der Waals surface area contributed by atoms with Gasteiger partial charge in [0.05, 0.1) is 13.7 Å². The lowest BCUT2D eigenvalue weighted by Gasteiger charge is -2.06. The van der Waals surface area contributed by atoms with Gasteiger partial charge in [-0.1, -0.05) is 12.8 Å². The lowest BCUT2D eigenvalue weighted by molar-refractivity contribution is -0.121. The van der Waals surface area contributed by atoms with Crippen molar-refractivity contribution in [3.63, 3.8) is 0 Å². The zero-order valence-electron chi connectivity index (χ0n) is 11.4. The molecule has 4 heteroatoms. The number of unbranched alkanes of at least 4 members (excludes halogenated alkanes) is 3. The number of aliphatic hydroxyl groups excluding tert-OH is 1. The monoisotopic (exact) mass is 266 g/mol. The zero-order valence-corrected chi connectivity index (χ0v) is 11.4. The maximum atomic E-state index is 10.9. The second-order valence-corrected chi connectivity index (χ2v) is 4.38. The molecule has 0 saturated carbocycles. The highest BCUT2D eigenvalue weighted by Gasteiger charge is 1.99. The summed E-state index contributed by atoms with van der Waals surface area (Å²) in [6.45, 7) is 0.348. The van der Waals surface area contributed by atoms with Gasteiger partial charge in [0.1, 0.15) is 18.1 Å². The van der Waals surface area contributed by atoms with Crippen LogP contribution in [0.1, 0.15) is 32.1 Å². The number of hydrogen-bond acceptors (Lipinski definition) is 4. The minimum atomic E-state index is -0.333. The Kier molecular flexibility index (Phi) is 7.66. The fourth-order valence-corrected chi connectivity index (χ4v) is 1.72. The first-order chi connectivity index (χ1) is 9.26. The molecule has 0 unspecified atom stereocenters. The molecule has 0 radical (unpaired) electrons. The van der Waals surface area contributed by atoms with Crippen molar-refractivity contribution in [1.29, 1.82) is 0 Å². The second-order valence-electron chi connectivity index (χ2n) is 4.38. The van der Waals surface area contributed by atoms with Gasteiger partial charge in [0.15, 0.2) is 5.78 Å². The first-order valence-electron chi connectivity index (χ1n) is 6.65. The summed E-state index contributed by atoms with van der Waals surface area (Å²) < 4.78 is 10.7. The molecule has 1 N–H and O–H groups in total. The number of rotatable bonds is 10. The Balaban J connectivity index is 2.02. The van der Waals surface area contributed by atoms with Crippen LogP contribution in [-0.4, -0.2) is 31.2 Å². The minimum Gasteiger partial charge on any atom is -0.497 e. The molecule has 0 aliphatic rings. The number of carbonyl (C=O) groups is 1. The maximum Gasteiger partial charge on any atom is 0.158 e. The van der Waals surface area contributed by atoms with Crippen LogP contribution in [0, 0.1) is 0 Å². The first-order valence-corrected chi connectivity index (χ1v) is 6.65. The van der Waals surface area contributed by atoms with Crippen molar-refractivity contribution in [1.82, 2.24) is 0 Å². The molecule has 106 valence electrons. The summed E-state index contributed by atoms with van der Waals surface area (Å²) in [5.41, 5.74) is 0. The molecule has 0 amide bonds. The van der Waals surface area contributed by atoms with Gasteiger partial charge in [-0.05, 0) is 37.1 Å². The van der Waals surface area contributed by atoms with Gasteiger partial charge in [0.25, 0.3) is 0 Å². The Morgan fingerprint density at radius 2 is 1.68 bits per heavy atom. The van der Waals surface area contributed by atoms with Crippen molar-refractivity contribution in [3.05, 3.63) is 24.3 Å². The van der Waals surface area contributed by atoms with Crippen molar-refractivity contribution in [2.24, 2.45) is 0 Å². The van der Waals surface area contributed by atoms with E-state index in [4.69, 9.17) is 14.6 Å². The molecule has 19 heavy (non-hydrogen) atoms. The van der Waals surface area contributed by atoms with Gasteiger partial charge < -0.3 is 14.6 Å². The number of Topliss-reactive ketones (excluding diaryl/α,β-unsaturated/α-hetero) is 1. The molecule has 0 aliphatic heterocycles. The zero-order chi connectivity index (χ0) is 13.9. The number of ketones is 1. The van der Waals surface area contributed by atoms with Crippen LogP contribution in [0.25, 0.3) is 0 Å². The minimum absolute atomic E-state index is 0.0746. The fraction of sp³-hybridized carbons (Fsp3) is 0.533. The van der Waals surface area contributed by atoms with Gasteiger partial charge >= 0.3 is 0 Å². The van der Waals surface area contributed by atoms with Crippen molar-refractivity contribution < 1.29 is 19.4 Å². The van der Waals surface area contributed by atoms with Crippen LogP contribution < -0.4 is 9.47 Å². The van der Waals surface area contributed by atoms with E-state index < -0.39 is 0 Å². The number of methoxy groups -OCH3 is 1. The number of ether oxygens (including phenoxy) is 2. The first kappa shape index (κ1) is 15.5. The summed E-state index contributed by atoms with van der Waals surface area (Å²) in [7, 11) is 1.64. The molecule has 0 heterocycles. The molecule has 0 bridgehead atoms. The third-order valence-corrected chi connectivity index (χ3v) is 2.85. The molecule has 4 nitrogen and oxygen atoms in total. The lowest BCUT2D eigenvalue weighted by Crippen LogP contribution is -2.03. The summed E-state index contributed by atoms with van der Waals surface area (Å²) in [4.78, 5) is 10.9. The predicted molar refractivity (Wildman–Crippen MR) is 73.7 cm³/mol. The van der Waals surface area contributed by atoms with Crippen LogP contribution in [-0.2, 0) is 4.79 Å². The van der Waals surface area contributed by atoms with E-state index in [1.165, 1.54) is 0 Å². The normalized spacial score (nSPS) is 10.2. The quantitative estimate of drug-likeness (QED) is 0.661. The number of aliphatic hydroxyl groups is 1. The van der Waals surface area contributed by atoms with E-state index in [-0.39, 0.29) is 12.4 Å². The highest BCUT2D eigenvalue weighted by Crippen LogP contribution is 2.17. The number of carbonyl (C=O) groups excluding carboxylic acids is 1. The Bertz CT molecular complexity index is 359. The molecule has 0 aliphatic carbocycles. The SMILES string of the molecule is COc1ccc(OCCCCCCC(=O)CO)cc1. The van der Waals surface area contributed by atoms with Crippen molar-refractivity contribution >= 4 is 5.78 Å². The Hall–Kier alpha value is -1.55. The molecule has 1 rings (SSSR count). The fourth-order valence-electron chi connectivity index (χ4n) is 1.72. The van der Waals surface area contributed by atoms with E-state index in [1.54, 1.807) is 7.11 Å². The van der Waals surface area contributed by atoms with Gasteiger partial charge in [0.2, 0.25) is 0 Å². The highest BCUT2D eigenvalue weighted by atomic mass is 16.5. The van der Waals surface area contributed by atoms with E-state index in [1.807, 2.05) is 24.3 Å². The Labute approximate surface area is 114 Å². The van der Waals surface area contributed by atoms with E-state index in [9.17, 15) is 4.79 Å². The van der Waals surface area contributed by atoms with E-state index in [0.29, 0.717) is 13.0 Å². The largest absolute Gasteiger partial charge is 0.497 e. The standard InChI is InChI=1S/C15H22O4/c1-18-14-7-9-15(10-8-14)19-11-5-3-2-4-6-13(17)12-16/h7-10,16H,2-6,11-12H2,1H3. The third kappa shape index (κ3) is 6.82. The highest BCUT2D eigenvalue weighted by molar-refractivity contribution is 5.79. The van der Waals surface area contributed by atoms with Gasteiger partial charge in [0, 0.05) is 6.42 Å². The van der Waals surface area contributed by atoms with Crippen LogP contribution in [0.15, 0.2) is 24.3 Å². The average Bonchev–Trinajstić information content (AvgIpc) is 2.46. The molecule has 1 aromatic carbocycles. The van der Waals surface area contributed by atoms with E-state index >= 15 is 0 Å². The number of hydrogen-bond donors (Lipinski definition) is 1. The van der Waals surface area contributed by atoms with Gasteiger partial charge in [-0.3, -0.25) is 4.79 Å². The van der Waals surface area contributed by atoms with Gasteiger partial charge in [-0.2, -0.15) is 0 Å². The summed E-state index contributed by atoms with van der Waals surface area (Å²) >= 11 is 0. The van der Waals surface area contributed by atoms with E-state index in [0.717, 1.165) is 37.2 Å². The molecule has 0 saturated heterocycles. The Morgan fingerprint density at radius 1 is 1.05 bits per heavy atom. The number of benzene rings is 1. The molecule has 0 fully saturated rings. The van der Waals surface area contributed by atoms with Crippen LogP contribution in [0.2, 0.25) is 0 Å². The molecule has 0 spiro atoms. The third-order valence-electron chi connectivity index (χ3n) is 2.85. The average molecular weight is 266 g/mol. The van der Waals surface area contributed by atoms with Gasteiger partial charge in [-0.25, -0.2) is 0 Å². The second kappa shape index (κ2) is 9.39. The molecule has 0 atom stereocenters. The summed E-state index contributed by atoms with van der Waals surface area (Å²) in [6, 6.07) is 7.52. The molecular formula is C15H22O4. The summed E-state index contributed by atoms with van der Waals surface area (Å²) in [5.74, 6) is 1.59. The van der Waals surface area contributed by atoms with Crippen LogP contribution >= 0.6 is 0 Å².